The molecule has 0 aliphatic rings. The van der Waals surface area contributed by atoms with Gasteiger partial charge in [0.25, 0.3) is 0 Å². The molecular weight excluding hydrogens is 328 g/mol. The van der Waals surface area contributed by atoms with Gasteiger partial charge >= 0.3 is 5.97 Å². The molecule has 0 aromatic heterocycles. The average molecular weight is 346 g/mol. The standard InChI is InChI=1S/C22H18O4/c1-25-19-13-11-16(12-14-19)20(23)15-18-9-5-6-10-21(18)26-22(24)17-7-3-2-4-8-17/h2-14H,15H2,1H3. The second-order valence-electron chi connectivity index (χ2n) is 5.69. The Morgan fingerprint density at radius 2 is 1.42 bits per heavy atom. The molecule has 0 bridgehead atoms. The summed E-state index contributed by atoms with van der Waals surface area (Å²) in [6.45, 7) is 0. The highest BCUT2D eigenvalue weighted by Crippen LogP contribution is 2.22. The molecule has 0 amide bonds. The fourth-order valence-corrected chi connectivity index (χ4v) is 2.53. The first kappa shape index (κ1) is 17.4. The van der Waals surface area contributed by atoms with Gasteiger partial charge in [-0.1, -0.05) is 36.4 Å². The first-order chi connectivity index (χ1) is 12.7. The molecule has 26 heavy (non-hydrogen) atoms. The van der Waals surface area contributed by atoms with E-state index in [4.69, 9.17) is 9.47 Å². The zero-order valence-electron chi connectivity index (χ0n) is 14.3. The van der Waals surface area contributed by atoms with Crippen LogP contribution in [0.2, 0.25) is 0 Å². The van der Waals surface area contributed by atoms with Gasteiger partial charge in [-0.2, -0.15) is 0 Å². The molecule has 0 spiro atoms. The summed E-state index contributed by atoms with van der Waals surface area (Å²) >= 11 is 0. The van der Waals surface area contributed by atoms with Crippen LogP contribution in [0.25, 0.3) is 0 Å². The molecule has 0 saturated carbocycles. The van der Waals surface area contributed by atoms with Crippen molar-refractivity contribution in [1.82, 2.24) is 0 Å². The van der Waals surface area contributed by atoms with Crippen LogP contribution in [0, 0.1) is 0 Å². The minimum absolute atomic E-state index is 0.0594. The van der Waals surface area contributed by atoms with E-state index in [0.717, 1.165) is 0 Å². The lowest BCUT2D eigenvalue weighted by molar-refractivity contribution is 0.0731. The fraction of sp³-hybridized carbons (Fsp3) is 0.0909. The number of ether oxygens (including phenoxy) is 2. The summed E-state index contributed by atoms with van der Waals surface area (Å²) in [4.78, 5) is 24.8. The van der Waals surface area contributed by atoms with Gasteiger partial charge in [0.05, 0.1) is 12.7 Å². The van der Waals surface area contributed by atoms with E-state index in [1.54, 1.807) is 73.8 Å². The van der Waals surface area contributed by atoms with Crippen molar-refractivity contribution in [1.29, 1.82) is 0 Å². The summed E-state index contributed by atoms with van der Waals surface area (Å²) in [5.41, 5.74) is 1.70. The minimum atomic E-state index is -0.449. The van der Waals surface area contributed by atoms with Crippen molar-refractivity contribution < 1.29 is 19.1 Å². The van der Waals surface area contributed by atoms with Gasteiger partial charge < -0.3 is 9.47 Å². The van der Waals surface area contributed by atoms with Crippen molar-refractivity contribution in [3.8, 4) is 11.5 Å². The molecule has 0 saturated heterocycles. The van der Waals surface area contributed by atoms with Crippen LogP contribution in [-0.4, -0.2) is 18.9 Å². The van der Waals surface area contributed by atoms with Gasteiger partial charge in [-0.05, 0) is 42.5 Å². The summed E-state index contributed by atoms with van der Waals surface area (Å²) in [6, 6.07) is 22.8. The van der Waals surface area contributed by atoms with Gasteiger partial charge in [-0.3, -0.25) is 4.79 Å². The Bertz CT molecular complexity index is 899. The maximum Gasteiger partial charge on any atom is 0.343 e. The molecule has 0 aliphatic heterocycles. The van der Waals surface area contributed by atoms with Gasteiger partial charge in [-0.25, -0.2) is 4.79 Å². The molecule has 3 aromatic carbocycles. The van der Waals surface area contributed by atoms with Crippen LogP contribution in [0.5, 0.6) is 11.5 Å². The molecule has 0 unspecified atom stereocenters. The SMILES string of the molecule is COc1ccc(C(=O)Cc2ccccc2OC(=O)c2ccccc2)cc1. The minimum Gasteiger partial charge on any atom is -0.497 e. The van der Waals surface area contributed by atoms with Crippen molar-refractivity contribution in [3.63, 3.8) is 0 Å². The number of esters is 1. The van der Waals surface area contributed by atoms with Crippen LogP contribution >= 0.6 is 0 Å². The third-order valence-corrected chi connectivity index (χ3v) is 3.95. The molecule has 0 fully saturated rings. The molecular formula is C22H18O4. The monoisotopic (exact) mass is 346 g/mol. The Labute approximate surface area is 152 Å². The molecule has 4 heteroatoms. The molecule has 3 aromatic rings. The van der Waals surface area contributed by atoms with E-state index >= 15 is 0 Å². The lowest BCUT2D eigenvalue weighted by atomic mass is 10.0. The third kappa shape index (κ3) is 4.16. The zero-order valence-corrected chi connectivity index (χ0v) is 14.3. The van der Waals surface area contributed by atoms with Crippen molar-refractivity contribution in [2.45, 2.75) is 6.42 Å². The summed E-state index contributed by atoms with van der Waals surface area (Å²) < 4.78 is 10.6. The smallest absolute Gasteiger partial charge is 0.343 e. The highest BCUT2D eigenvalue weighted by molar-refractivity contribution is 5.98. The number of Topliss-reactive ketones (excluding diaryl/α,β-unsaturated/α-hetero) is 1. The van der Waals surface area contributed by atoms with Crippen LogP contribution in [0.15, 0.2) is 78.9 Å². The number of carbonyl (C=O) groups is 2. The first-order valence-corrected chi connectivity index (χ1v) is 8.20. The molecule has 0 N–H and O–H groups in total. The number of methoxy groups -OCH3 is 1. The average Bonchev–Trinajstić information content (AvgIpc) is 2.70. The van der Waals surface area contributed by atoms with Crippen LogP contribution in [0.1, 0.15) is 26.3 Å². The van der Waals surface area contributed by atoms with Gasteiger partial charge in [0.15, 0.2) is 5.78 Å². The summed E-state index contributed by atoms with van der Waals surface area (Å²) in [5.74, 6) is 0.577. The first-order valence-electron chi connectivity index (χ1n) is 8.20. The Hall–Kier alpha value is -3.40. The van der Waals surface area contributed by atoms with Crippen molar-refractivity contribution in [3.05, 3.63) is 95.6 Å². The predicted molar refractivity (Wildman–Crippen MR) is 98.9 cm³/mol. The number of benzene rings is 3. The van der Waals surface area contributed by atoms with E-state index in [0.29, 0.717) is 28.2 Å². The van der Waals surface area contributed by atoms with Crippen LogP contribution in [-0.2, 0) is 6.42 Å². The van der Waals surface area contributed by atoms with E-state index in [9.17, 15) is 9.59 Å². The Morgan fingerprint density at radius 3 is 2.12 bits per heavy atom. The second-order valence-corrected chi connectivity index (χ2v) is 5.69. The molecule has 0 aliphatic carbocycles. The number of para-hydroxylation sites is 1. The van der Waals surface area contributed by atoms with E-state index < -0.39 is 5.97 Å². The lowest BCUT2D eigenvalue weighted by Gasteiger charge is -2.10. The summed E-state index contributed by atoms with van der Waals surface area (Å²) in [6.07, 6.45) is 0.143. The molecule has 3 rings (SSSR count). The molecule has 0 radical (unpaired) electrons. The number of hydrogen-bond acceptors (Lipinski definition) is 4. The lowest BCUT2D eigenvalue weighted by Crippen LogP contribution is -2.11. The van der Waals surface area contributed by atoms with Crippen LogP contribution in [0.4, 0.5) is 0 Å². The molecule has 0 heterocycles. The number of rotatable bonds is 6. The maximum absolute atomic E-state index is 12.5. The quantitative estimate of drug-likeness (QED) is 0.378. The molecule has 0 atom stereocenters. The number of ketones is 1. The topological polar surface area (TPSA) is 52.6 Å². The van der Waals surface area contributed by atoms with Gasteiger partial charge in [0, 0.05) is 17.5 Å². The van der Waals surface area contributed by atoms with Gasteiger partial charge in [0.2, 0.25) is 0 Å². The third-order valence-electron chi connectivity index (χ3n) is 3.95. The Morgan fingerprint density at radius 1 is 0.769 bits per heavy atom. The number of carbonyl (C=O) groups excluding carboxylic acids is 2. The van der Waals surface area contributed by atoms with Crippen LogP contribution < -0.4 is 9.47 Å². The molecule has 4 nitrogen and oxygen atoms in total. The Balaban J connectivity index is 1.76. The highest BCUT2D eigenvalue weighted by Gasteiger charge is 2.14. The van der Waals surface area contributed by atoms with E-state index in [-0.39, 0.29) is 12.2 Å². The second kappa shape index (κ2) is 8.12. The van der Waals surface area contributed by atoms with Crippen LogP contribution in [0.3, 0.4) is 0 Å². The number of hydrogen-bond donors (Lipinski definition) is 0. The normalized spacial score (nSPS) is 10.2. The highest BCUT2D eigenvalue weighted by atomic mass is 16.5. The van der Waals surface area contributed by atoms with Gasteiger partial charge in [0.1, 0.15) is 11.5 Å². The fourth-order valence-electron chi connectivity index (χ4n) is 2.53. The van der Waals surface area contributed by atoms with Gasteiger partial charge in [-0.15, -0.1) is 0 Å². The van der Waals surface area contributed by atoms with Crippen molar-refractivity contribution >= 4 is 11.8 Å². The predicted octanol–water partition coefficient (Wildman–Crippen LogP) is 4.34. The Kier molecular flexibility index (Phi) is 5.44. The van der Waals surface area contributed by atoms with E-state index in [1.807, 2.05) is 12.1 Å². The van der Waals surface area contributed by atoms with Crippen molar-refractivity contribution in [2.24, 2.45) is 0 Å². The summed E-state index contributed by atoms with van der Waals surface area (Å²) in [7, 11) is 1.58. The van der Waals surface area contributed by atoms with E-state index in [1.165, 1.54) is 0 Å². The largest absolute Gasteiger partial charge is 0.497 e. The van der Waals surface area contributed by atoms with E-state index in [2.05, 4.69) is 0 Å². The maximum atomic E-state index is 12.5. The zero-order chi connectivity index (χ0) is 18.4. The molecule has 130 valence electrons. The van der Waals surface area contributed by atoms with Crippen molar-refractivity contribution in [2.75, 3.05) is 7.11 Å². The summed E-state index contributed by atoms with van der Waals surface area (Å²) in [5, 5.41) is 0.